The van der Waals surface area contributed by atoms with Gasteiger partial charge in [-0.05, 0) is 25.5 Å². The molecule has 1 amide bonds. The molecule has 1 aliphatic rings. The number of rotatable bonds is 8. The van der Waals surface area contributed by atoms with Gasteiger partial charge in [-0.3, -0.25) is 4.79 Å². The van der Waals surface area contributed by atoms with Gasteiger partial charge in [0.2, 0.25) is 11.8 Å². The average Bonchev–Trinajstić information content (AvgIpc) is 2.74. The van der Waals surface area contributed by atoms with Crippen LogP contribution in [0.25, 0.3) is 0 Å². The minimum absolute atomic E-state index is 0.00825. The summed E-state index contributed by atoms with van der Waals surface area (Å²) < 4.78 is 19.0. The molecule has 6 nitrogen and oxygen atoms in total. The number of piperazine rings is 1. The maximum atomic E-state index is 13.3. The second-order valence-corrected chi connectivity index (χ2v) is 7.99. The van der Waals surface area contributed by atoms with Gasteiger partial charge in [0.1, 0.15) is 23.7 Å². The van der Waals surface area contributed by atoms with Crippen LogP contribution in [0.1, 0.15) is 46.0 Å². The Morgan fingerprint density at radius 1 is 1.23 bits per heavy atom. The van der Waals surface area contributed by atoms with Gasteiger partial charge in [-0.2, -0.15) is 0 Å². The van der Waals surface area contributed by atoms with E-state index in [2.05, 4.69) is 28.7 Å². The van der Waals surface area contributed by atoms with Gasteiger partial charge in [-0.1, -0.05) is 37.8 Å². The standard InChI is InChI=1S/C22H28ClFN4O2/c1-3-4-5-6-7-22(29)28-11-10-27(14-16(28)2)20-13-21(26-15-25-20)30-17-8-9-19(24)18(23)12-17/h8-9,12-13,15-16H,3-7,10-11,14H2,1-2H3. The molecule has 2 heterocycles. The molecule has 1 unspecified atom stereocenters. The molecule has 2 aromatic rings. The molecule has 1 aromatic heterocycles. The summed E-state index contributed by atoms with van der Waals surface area (Å²) in [5.74, 6) is 1.22. The van der Waals surface area contributed by atoms with E-state index in [-0.39, 0.29) is 17.0 Å². The Hall–Kier alpha value is -2.41. The van der Waals surface area contributed by atoms with Crippen molar-refractivity contribution >= 4 is 23.3 Å². The summed E-state index contributed by atoms with van der Waals surface area (Å²) in [6.07, 6.45) is 6.47. The minimum Gasteiger partial charge on any atom is -0.439 e. The van der Waals surface area contributed by atoms with Gasteiger partial charge in [0.05, 0.1) is 5.02 Å². The van der Waals surface area contributed by atoms with Crippen molar-refractivity contribution in [3.05, 3.63) is 41.4 Å². The Morgan fingerprint density at radius 3 is 2.80 bits per heavy atom. The van der Waals surface area contributed by atoms with E-state index in [1.807, 2.05) is 4.90 Å². The van der Waals surface area contributed by atoms with Crippen molar-refractivity contribution in [1.82, 2.24) is 14.9 Å². The molecule has 30 heavy (non-hydrogen) atoms. The summed E-state index contributed by atoms with van der Waals surface area (Å²) in [6.45, 7) is 6.29. The van der Waals surface area contributed by atoms with Gasteiger partial charge in [0.25, 0.3) is 0 Å². The normalized spacial score (nSPS) is 16.6. The van der Waals surface area contributed by atoms with Gasteiger partial charge < -0.3 is 14.5 Å². The van der Waals surface area contributed by atoms with Gasteiger partial charge >= 0.3 is 0 Å². The van der Waals surface area contributed by atoms with Crippen LogP contribution in [0.2, 0.25) is 5.02 Å². The first kappa shape index (κ1) is 22.3. The first-order chi connectivity index (χ1) is 14.5. The smallest absolute Gasteiger partial charge is 0.224 e. The van der Waals surface area contributed by atoms with Crippen molar-refractivity contribution in [2.45, 2.75) is 52.0 Å². The second kappa shape index (κ2) is 10.6. The third-order valence-corrected chi connectivity index (χ3v) is 5.55. The quantitative estimate of drug-likeness (QED) is 0.543. The van der Waals surface area contributed by atoms with Crippen LogP contribution in [0.5, 0.6) is 11.6 Å². The van der Waals surface area contributed by atoms with Crippen molar-refractivity contribution < 1.29 is 13.9 Å². The summed E-state index contributed by atoms with van der Waals surface area (Å²) in [7, 11) is 0. The van der Waals surface area contributed by atoms with Gasteiger partial charge in [0.15, 0.2) is 0 Å². The van der Waals surface area contributed by atoms with E-state index in [1.165, 1.54) is 37.4 Å². The summed E-state index contributed by atoms with van der Waals surface area (Å²) in [6, 6.07) is 6.00. The molecular weight excluding hydrogens is 407 g/mol. The highest BCUT2D eigenvalue weighted by Crippen LogP contribution is 2.27. The van der Waals surface area contributed by atoms with Crippen LogP contribution >= 0.6 is 11.6 Å². The maximum Gasteiger partial charge on any atom is 0.224 e. The number of halogens is 2. The zero-order valence-corrected chi connectivity index (χ0v) is 18.2. The second-order valence-electron chi connectivity index (χ2n) is 7.59. The van der Waals surface area contributed by atoms with E-state index in [9.17, 15) is 9.18 Å². The lowest BCUT2D eigenvalue weighted by atomic mass is 10.1. The number of unbranched alkanes of at least 4 members (excludes halogenated alkanes) is 3. The fourth-order valence-electron chi connectivity index (χ4n) is 3.60. The molecule has 8 heteroatoms. The van der Waals surface area contributed by atoms with Crippen molar-refractivity contribution in [2.75, 3.05) is 24.5 Å². The highest BCUT2D eigenvalue weighted by atomic mass is 35.5. The Morgan fingerprint density at radius 2 is 2.07 bits per heavy atom. The number of aromatic nitrogens is 2. The lowest BCUT2D eigenvalue weighted by Crippen LogP contribution is -2.54. The summed E-state index contributed by atoms with van der Waals surface area (Å²) in [5.41, 5.74) is 0. The molecule has 0 radical (unpaired) electrons. The molecule has 0 bridgehead atoms. The van der Waals surface area contributed by atoms with Crippen LogP contribution in [0.15, 0.2) is 30.6 Å². The molecule has 162 valence electrons. The first-order valence-corrected chi connectivity index (χ1v) is 10.8. The Labute approximate surface area is 182 Å². The predicted octanol–water partition coefficient (Wildman–Crippen LogP) is 5.07. The third-order valence-electron chi connectivity index (χ3n) is 5.26. The first-order valence-electron chi connectivity index (χ1n) is 10.5. The van der Waals surface area contributed by atoms with Crippen LogP contribution in [-0.4, -0.2) is 46.5 Å². The van der Waals surface area contributed by atoms with Crippen molar-refractivity contribution in [1.29, 1.82) is 0 Å². The highest BCUT2D eigenvalue weighted by molar-refractivity contribution is 6.30. The molecule has 1 aliphatic heterocycles. The van der Waals surface area contributed by atoms with E-state index in [0.717, 1.165) is 18.7 Å². The van der Waals surface area contributed by atoms with Crippen LogP contribution in [-0.2, 0) is 4.79 Å². The monoisotopic (exact) mass is 434 g/mol. The van der Waals surface area contributed by atoms with E-state index in [1.54, 1.807) is 6.07 Å². The van der Waals surface area contributed by atoms with E-state index < -0.39 is 5.82 Å². The lowest BCUT2D eigenvalue weighted by molar-refractivity contribution is -0.133. The Bertz CT molecular complexity index is 867. The van der Waals surface area contributed by atoms with Gasteiger partial charge in [-0.25, -0.2) is 14.4 Å². The number of carbonyl (C=O) groups excluding carboxylic acids is 1. The molecule has 0 N–H and O–H groups in total. The minimum atomic E-state index is -0.501. The van der Waals surface area contributed by atoms with Crippen molar-refractivity contribution in [3.63, 3.8) is 0 Å². The summed E-state index contributed by atoms with van der Waals surface area (Å²) in [4.78, 5) is 25.1. The number of ether oxygens (including phenoxy) is 1. The maximum absolute atomic E-state index is 13.3. The highest BCUT2D eigenvalue weighted by Gasteiger charge is 2.27. The number of amides is 1. The SMILES string of the molecule is CCCCCCC(=O)N1CCN(c2cc(Oc3ccc(F)c(Cl)c3)ncn2)CC1C. The average molecular weight is 435 g/mol. The molecule has 3 rings (SSSR count). The van der Waals surface area contributed by atoms with Crippen molar-refractivity contribution in [2.24, 2.45) is 0 Å². The number of hydrogen-bond donors (Lipinski definition) is 0. The zero-order chi connectivity index (χ0) is 21.5. The van der Waals surface area contributed by atoms with Gasteiger partial charge in [0, 0.05) is 44.2 Å². The van der Waals surface area contributed by atoms with Crippen molar-refractivity contribution in [3.8, 4) is 11.6 Å². The molecule has 0 saturated carbocycles. The molecule has 0 spiro atoms. The predicted molar refractivity (Wildman–Crippen MR) is 116 cm³/mol. The molecule has 1 fully saturated rings. The van der Waals surface area contributed by atoms with Crippen LogP contribution in [0.3, 0.4) is 0 Å². The summed E-state index contributed by atoms with van der Waals surface area (Å²) in [5, 5.41) is -0.00825. The summed E-state index contributed by atoms with van der Waals surface area (Å²) >= 11 is 5.81. The number of anilines is 1. The Balaban J connectivity index is 1.59. The van der Waals surface area contributed by atoms with E-state index >= 15 is 0 Å². The molecule has 1 atom stereocenters. The van der Waals surface area contributed by atoms with Crippen LogP contribution in [0.4, 0.5) is 10.2 Å². The van der Waals surface area contributed by atoms with Crippen LogP contribution < -0.4 is 9.64 Å². The molecule has 1 saturated heterocycles. The largest absolute Gasteiger partial charge is 0.439 e. The third kappa shape index (κ3) is 5.81. The fourth-order valence-corrected chi connectivity index (χ4v) is 3.77. The van der Waals surface area contributed by atoms with Gasteiger partial charge in [-0.15, -0.1) is 0 Å². The topological polar surface area (TPSA) is 58.6 Å². The number of carbonyl (C=O) groups is 1. The molecular formula is C22H28ClFN4O2. The van der Waals surface area contributed by atoms with Crippen LogP contribution in [0, 0.1) is 5.82 Å². The van der Waals surface area contributed by atoms with E-state index in [0.29, 0.717) is 37.7 Å². The number of nitrogens with zero attached hydrogens (tertiary/aromatic N) is 4. The fraction of sp³-hybridized carbons (Fsp3) is 0.500. The van der Waals surface area contributed by atoms with E-state index in [4.69, 9.17) is 16.3 Å². The number of hydrogen-bond acceptors (Lipinski definition) is 5. The molecule has 1 aromatic carbocycles. The zero-order valence-electron chi connectivity index (χ0n) is 17.5. The molecule has 0 aliphatic carbocycles. The Kier molecular flexibility index (Phi) is 7.85. The lowest BCUT2D eigenvalue weighted by Gasteiger charge is -2.40. The number of benzene rings is 1.